The fourth-order valence-electron chi connectivity index (χ4n) is 2.68. The van der Waals surface area contributed by atoms with Gasteiger partial charge >= 0.3 is 0 Å². The van der Waals surface area contributed by atoms with Gasteiger partial charge in [0.1, 0.15) is 0 Å². The molecule has 1 amide bonds. The molecule has 2 rings (SSSR count). The number of benzene rings is 1. The Labute approximate surface area is 129 Å². The average Bonchev–Trinajstić information content (AvgIpc) is 2.46. The van der Waals surface area contributed by atoms with Crippen molar-refractivity contribution in [2.45, 2.75) is 38.6 Å². The van der Waals surface area contributed by atoms with Crippen molar-refractivity contribution >= 4 is 21.8 Å². The molecule has 1 atom stereocenters. The third-order valence-electron chi connectivity index (χ3n) is 3.96. The van der Waals surface area contributed by atoms with Crippen LogP contribution in [0.4, 0.5) is 0 Å². The molecule has 3 nitrogen and oxygen atoms in total. The topological polar surface area (TPSA) is 41.1 Å². The van der Waals surface area contributed by atoms with Crippen LogP contribution in [0.1, 0.15) is 44.2 Å². The second kappa shape index (κ2) is 7.79. The van der Waals surface area contributed by atoms with Gasteiger partial charge in [0.15, 0.2) is 0 Å². The number of amides is 1. The molecule has 1 heterocycles. The minimum Gasteiger partial charge on any atom is -0.350 e. The number of carbonyl (C=O) groups is 1. The van der Waals surface area contributed by atoms with Crippen molar-refractivity contribution in [3.8, 4) is 0 Å². The molecule has 1 aromatic carbocycles. The summed E-state index contributed by atoms with van der Waals surface area (Å²) in [7, 11) is 0. The normalized spacial score (nSPS) is 17.7. The number of hydrogen-bond donors (Lipinski definition) is 2. The van der Waals surface area contributed by atoms with Crippen LogP contribution in [0.15, 0.2) is 28.7 Å². The summed E-state index contributed by atoms with van der Waals surface area (Å²) in [5, 5.41) is 6.44. The molecule has 4 heteroatoms. The van der Waals surface area contributed by atoms with Crippen LogP contribution in [0.2, 0.25) is 0 Å². The van der Waals surface area contributed by atoms with Gasteiger partial charge in [0.05, 0.1) is 6.04 Å². The first kappa shape index (κ1) is 15.5. The van der Waals surface area contributed by atoms with E-state index in [4.69, 9.17) is 0 Å². The molecule has 0 aromatic heterocycles. The lowest BCUT2D eigenvalue weighted by Gasteiger charge is -2.22. The average molecular weight is 339 g/mol. The summed E-state index contributed by atoms with van der Waals surface area (Å²) in [6.07, 6.45) is 4.06. The summed E-state index contributed by atoms with van der Waals surface area (Å²) in [5.41, 5.74) is 1.13. The van der Waals surface area contributed by atoms with Gasteiger partial charge in [-0.3, -0.25) is 4.79 Å². The van der Waals surface area contributed by atoms with E-state index in [0.717, 1.165) is 29.5 Å². The van der Waals surface area contributed by atoms with E-state index >= 15 is 0 Å². The van der Waals surface area contributed by atoms with Gasteiger partial charge in [-0.15, -0.1) is 0 Å². The number of nitrogens with one attached hydrogen (secondary N) is 2. The van der Waals surface area contributed by atoms with Crippen LogP contribution < -0.4 is 10.6 Å². The standard InChI is InChI=1S/C16H23BrN2O/c1-12(14-3-2-4-15(17)11-14)19-16(20)6-5-13-7-9-18-10-8-13/h2-4,11-13,18H,5-10H2,1H3,(H,19,20)/t12-/m1/s1. The smallest absolute Gasteiger partial charge is 0.220 e. The fourth-order valence-corrected chi connectivity index (χ4v) is 3.10. The second-order valence-electron chi connectivity index (χ2n) is 5.58. The third kappa shape index (κ3) is 4.91. The Hall–Kier alpha value is -0.870. The summed E-state index contributed by atoms with van der Waals surface area (Å²) in [6, 6.07) is 8.15. The molecule has 0 aliphatic carbocycles. The van der Waals surface area contributed by atoms with E-state index in [1.54, 1.807) is 0 Å². The Morgan fingerprint density at radius 3 is 2.90 bits per heavy atom. The van der Waals surface area contributed by atoms with Gasteiger partial charge < -0.3 is 10.6 Å². The molecule has 1 aromatic rings. The predicted molar refractivity (Wildman–Crippen MR) is 85.5 cm³/mol. The molecule has 0 spiro atoms. The Balaban J connectivity index is 1.76. The largest absolute Gasteiger partial charge is 0.350 e. The molecule has 1 fully saturated rings. The Bertz CT molecular complexity index is 444. The van der Waals surface area contributed by atoms with Crippen LogP contribution in [0.3, 0.4) is 0 Å². The zero-order valence-electron chi connectivity index (χ0n) is 12.0. The second-order valence-corrected chi connectivity index (χ2v) is 6.49. The van der Waals surface area contributed by atoms with Gasteiger partial charge in [-0.25, -0.2) is 0 Å². The van der Waals surface area contributed by atoms with Gasteiger partial charge in [-0.1, -0.05) is 28.1 Å². The van der Waals surface area contributed by atoms with E-state index in [-0.39, 0.29) is 11.9 Å². The Kier molecular flexibility index (Phi) is 6.05. The van der Waals surface area contributed by atoms with E-state index in [2.05, 4.69) is 32.6 Å². The minimum atomic E-state index is 0.0630. The van der Waals surface area contributed by atoms with Gasteiger partial charge in [0.25, 0.3) is 0 Å². The Morgan fingerprint density at radius 2 is 2.20 bits per heavy atom. The number of rotatable bonds is 5. The van der Waals surface area contributed by atoms with Crippen molar-refractivity contribution in [1.82, 2.24) is 10.6 Å². The van der Waals surface area contributed by atoms with Crippen molar-refractivity contribution < 1.29 is 4.79 Å². The lowest BCUT2D eigenvalue weighted by atomic mass is 9.93. The zero-order chi connectivity index (χ0) is 14.4. The van der Waals surface area contributed by atoms with E-state index < -0.39 is 0 Å². The van der Waals surface area contributed by atoms with Gasteiger partial charge in [-0.2, -0.15) is 0 Å². The van der Waals surface area contributed by atoms with Gasteiger partial charge in [-0.05, 0) is 62.9 Å². The van der Waals surface area contributed by atoms with E-state index in [0.29, 0.717) is 12.3 Å². The van der Waals surface area contributed by atoms with Crippen molar-refractivity contribution in [3.63, 3.8) is 0 Å². The molecule has 0 bridgehead atoms. The fraction of sp³-hybridized carbons (Fsp3) is 0.562. The van der Waals surface area contributed by atoms with Crippen LogP contribution >= 0.6 is 15.9 Å². The van der Waals surface area contributed by atoms with Gasteiger partial charge in [0.2, 0.25) is 5.91 Å². The van der Waals surface area contributed by atoms with E-state index in [1.807, 2.05) is 25.1 Å². The lowest BCUT2D eigenvalue weighted by Crippen LogP contribution is -2.30. The maximum absolute atomic E-state index is 12.0. The number of piperidine rings is 1. The molecule has 1 saturated heterocycles. The summed E-state index contributed by atoms with van der Waals surface area (Å²) in [4.78, 5) is 12.0. The molecule has 0 radical (unpaired) electrons. The predicted octanol–water partition coefficient (Wildman–Crippen LogP) is 3.41. The maximum Gasteiger partial charge on any atom is 0.220 e. The number of halogens is 1. The summed E-state index contributed by atoms with van der Waals surface area (Å²) in [5.74, 6) is 0.874. The van der Waals surface area contributed by atoms with E-state index in [9.17, 15) is 4.79 Å². The van der Waals surface area contributed by atoms with Crippen molar-refractivity contribution in [3.05, 3.63) is 34.3 Å². The SMILES string of the molecule is C[C@@H](NC(=O)CCC1CCNCC1)c1cccc(Br)c1. The highest BCUT2D eigenvalue weighted by molar-refractivity contribution is 9.10. The molecule has 1 aliphatic heterocycles. The zero-order valence-corrected chi connectivity index (χ0v) is 13.6. The van der Waals surface area contributed by atoms with Crippen LogP contribution in [0.25, 0.3) is 0 Å². The van der Waals surface area contributed by atoms with Crippen molar-refractivity contribution in [1.29, 1.82) is 0 Å². The van der Waals surface area contributed by atoms with Gasteiger partial charge in [0, 0.05) is 10.9 Å². The first-order valence-corrected chi connectivity index (χ1v) is 8.20. The first-order chi connectivity index (χ1) is 9.65. The maximum atomic E-state index is 12.0. The quantitative estimate of drug-likeness (QED) is 0.863. The number of hydrogen-bond acceptors (Lipinski definition) is 2. The molecule has 2 N–H and O–H groups in total. The molecular weight excluding hydrogens is 316 g/mol. The third-order valence-corrected chi connectivity index (χ3v) is 4.46. The number of carbonyl (C=O) groups excluding carboxylic acids is 1. The summed E-state index contributed by atoms with van der Waals surface area (Å²) < 4.78 is 1.05. The van der Waals surface area contributed by atoms with Crippen LogP contribution in [0, 0.1) is 5.92 Å². The highest BCUT2D eigenvalue weighted by Gasteiger charge is 2.15. The van der Waals surface area contributed by atoms with Crippen molar-refractivity contribution in [2.75, 3.05) is 13.1 Å². The lowest BCUT2D eigenvalue weighted by molar-refractivity contribution is -0.122. The molecular formula is C16H23BrN2O. The van der Waals surface area contributed by atoms with Crippen molar-refractivity contribution in [2.24, 2.45) is 5.92 Å². The van der Waals surface area contributed by atoms with E-state index in [1.165, 1.54) is 12.8 Å². The van der Waals surface area contributed by atoms with Crippen LogP contribution in [-0.2, 0) is 4.79 Å². The van der Waals surface area contributed by atoms with Crippen LogP contribution in [-0.4, -0.2) is 19.0 Å². The molecule has 20 heavy (non-hydrogen) atoms. The summed E-state index contributed by atoms with van der Waals surface area (Å²) >= 11 is 3.46. The Morgan fingerprint density at radius 1 is 1.45 bits per heavy atom. The highest BCUT2D eigenvalue weighted by atomic mass is 79.9. The molecule has 110 valence electrons. The molecule has 1 aliphatic rings. The van der Waals surface area contributed by atoms with Crippen LogP contribution in [0.5, 0.6) is 0 Å². The minimum absolute atomic E-state index is 0.0630. The molecule has 0 saturated carbocycles. The summed E-state index contributed by atoms with van der Waals surface area (Å²) in [6.45, 7) is 4.23. The highest BCUT2D eigenvalue weighted by Crippen LogP contribution is 2.20. The first-order valence-electron chi connectivity index (χ1n) is 7.40. The monoisotopic (exact) mass is 338 g/mol. The molecule has 0 unspecified atom stereocenters.